The average Bonchev–Trinajstić information content (AvgIpc) is 3.33. The molecule has 1 aromatic carbocycles. The van der Waals surface area contributed by atoms with Gasteiger partial charge in [-0.1, -0.05) is 18.2 Å². The number of benzene rings is 1. The first kappa shape index (κ1) is 20.2. The second kappa shape index (κ2) is 8.33. The summed E-state index contributed by atoms with van der Waals surface area (Å²) in [6, 6.07) is 9.65. The minimum absolute atomic E-state index is 0.0254. The molecule has 1 aliphatic heterocycles. The summed E-state index contributed by atoms with van der Waals surface area (Å²) in [7, 11) is 0. The first-order valence-electron chi connectivity index (χ1n) is 9.31. The zero-order valence-corrected chi connectivity index (χ0v) is 16.7. The van der Waals surface area contributed by atoms with Crippen LogP contribution < -0.4 is 16.3 Å². The van der Waals surface area contributed by atoms with Crippen molar-refractivity contribution in [2.75, 3.05) is 11.4 Å². The van der Waals surface area contributed by atoms with Crippen LogP contribution >= 0.6 is 11.3 Å². The van der Waals surface area contributed by atoms with E-state index in [1.165, 1.54) is 22.2 Å². The van der Waals surface area contributed by atoms with E-state index in [4.69, 9.17) is 5.73 Å². The minimum atomic E-state index is -1.90. The van der Waals surface area contributed by atoms with E-state index in [1.54, 1.807) is 4.90 Å². The average molecular weight is 431 g/mol. The Morgan fingerprint density at radius 2 is 2.00 bits per heavy atom. The summed E-state index contributed by atoms with van der Waals surface area (Å²) in [4.78, 5) is 27.6. The number of thiophene rings is 1. The highest BCUT2D eigenvalue weighted by Gasteiger charge is 2.26. The molecule has 0 saturated carbocycles. The van der Waals surface area contributed by atoms with Crippen LogP contribution in [0.5, 0.6) is 0 Å². The number of rotatable bonds is 6. The first-order chi connectivity index (χ1) is 14.5. The largest absolute Gasteiger partial charge is 0.346 e. The number of hydrogen-bond acceptors (Lipinski definition) is 5. The maximum absolute atomic E-state index is 12.8. The van der Waals surface area contributed by atoms with Crippen molar-refractivity contribution in [2.24, 2.45) is 5.73 Å². The minimum Gasteiger partial charge on any atom is -0.327 e. The molecule has 0 saturated heterocycles. The topological polar surface area (TPSA) is 86.2 Å². The number of aryl methyl sites for hydroxylation is 1. The molecule has 2 aromatic heterocycles. The molecule has 1 amide bonds. The number of carbonyl (C=O) groups is 1. The Hall–Kier alpha value is -3.11. The fraction of sp³-hybridized carbons (Fsp3) is 0.250. The lowest BCUT2D eigenvalue weighted by Gasteiger charge is -2.28. The summed E-state index contributed by atoms with van der Waals surface area (Å²) in [6.07, 6.45) is 0.577. The zero-order valence-electron chi connectivity index (χ0n) is 15.9. The summed E-state index contributed by atoms with van der Waals surface area (Å²) >= 11 is 1.42. The standard InChI is InChI=1S/C20H19F2N5O2S/c21-19(22)14(8-23)9-26-20(29)25(12-24-26)10-16-7-15(11-30-16)27-17-4-2-1-3-13(17)5-6-18(27)28/h1-4,7,11-12H,5-6,8-10,23H2. The number of aromatic nitrogens is 3. The van der Waals surface area contributed by atoms with Crippen molar-refractivity contribution in [3.05, 3.63) is 74.6 Å². The van der Waals surface area contributed by atoms with Crippen molar-refractivity contribution in [3.63, 3.8) is 0 Å². The van der Waals surface area contributed by atoms with Gasteiger partial charge in [0.05, 0.1) is 24.5 Å². The molecule has 30 heavy (non-hydrogen) atoms. The fourth-order valence-corrected chi connectivity index (χ4v) is 4.27. The van der Waals surface area contributed by atoms with Gasteiger partial charge in [-0.05, 0) is 24.1 Å². The second-order valence-corrected chi connectivity index (χ2v) is 7.89. The Morgan fingerprint density at radius 1 is 1.20 bits per heavy atom. The van der Waals surface area contributed by atoms with E-state index in [-0.39, 0.29) is 31.1 Å². The molecule has 10 heteroatoms. The second-order valence-electron chi connectivity index (χ2n) is 6.90. The number of amides is 1. The van der Waals surface area contributed by atoms with Crippen molar-refractivity contribution in [1.29, 1.82) is 0 Å². The van der Waals surface area contributed by atoms with Gasteiger partial charge in [-0.15, -0.1) is 11.3 Å². The van der Waals surface area contributed by atoms with Crippen LogP contribution in [-0.2, 0) is 24.3 Å². The van der Waals surface area contributed by atoms with Gasteiger partial charge in [0.15, 0.2) is 0 Å². The van der Waals surface area contributed by atoms with E-state index in [9.17, 15) is 18.4 Å². The van der Waals surface area contributed by atoms with Crippen molar-refractivity contribution in [3.8, 4) is 0 Å². The summed E-state index contributed by atoms with van der Waals surface area (Å²) < 4.78 is 27.9. The number of nitrogens with two attached hydrogens (primary N) is 1. The lowest BCUT2D eigenvalue weighted by atomic mass is 10.0. The molecule has 0 atom stereocenters. The number of halogens is 2. The normalized spacial score (nSPS) is 13.4. The molecule has 1 aliphatic rings. The SMILES string of the molecule is NCC(Cn1ncn(Cc2cc(N3C(=O)CCc4ccccc43)cs2)c1=O)=C(F)F. The van der Waals surface area contributed by atoms with Crippen molar-refractivity contribution in [2.45, 2.75) is 25.9 Å². The van der Waals surface area contributed by atoms with Gasteiger partial charge in [-0.25, -0.2) is 9.48 Å². The molecular formula is C20H19F2N5O2S. The van der Waals surface area contributed by atoms with Crippen LogP contribution in [0, 0.1) is 0 Å². The molecule has 156 valence electrons. The summed E-state index contributed by atoms with van der Waals surface area (Å²) in [6.45, 7) is -0.465. The lowest BCUT2D eigenvalue weighted by Crippen LogP contribution is -2.30. The van der Waals surface area contributed by atoms with Gasteiger partial charge in [0.25, 0.3) is 6.08 Å². The lowest BCUT2D eigenvalue weighted by molar-refractivity contribution is -0.118. The Kier molecular flexibility index (Phi) is 5.60. The molecule has 4 rings (SSSR count). The Morgan fingerprint density at radius 3 is 2.77 bits per heavy atom. The van der Waals surface area contributed by atoms with Crippen molar-refractivity contribution in [1.82, 2.24) is 14.3 Å². The van der Waals surface area contributed by atoms with Gasteiger partial charge in [0.2, 0.25) is 5.91 Å². The van der Waals surface area contributed by atoms with Crippen LogP contribution in [0.1, 0.15) is 16.9 Å². The number of anilines is 2. The van der Waals surface area contributed by atoms with Gasteiger partial charge in [0, 0.05) is 28.8 Å². The molecule has 0 aliphatic carbocycles. The monoisotopic (exact) mass is 431 g/mol. The smallest absolute Gasteiger partial charge is 0.327 e. The third-order valence-corrected chi connectivity index (χ3v) is 5.87. The van der Waals surface area contributed by atoms with Gasteiger partial charge in [-0.2, -0.15) is 13.9 Å². The molecule has 0 spiro atoms. The van der Waals surface area contributed by atoms with E-state index in [0.29, 0.717) is 6.42 Å². The van der Waals surface area contributed by atoms with Gasteiger partial charge in [0.1, 0.15) is 6.33 Å². The predicted molar refractivity (Wildman–Crippen MR) is 110 cm³/mol. The number of carbonyl (C=O) groups excluding carboxylic acids is 1. The highest BCUT2D eigenvalue weighted by atomic mass is 32.1. The van der Waals surface area contributed by atoms with Crippen LogP contribution in [0.4, 0.5) is 20.2 Å². The summed E-state index contributed by atoms with van der Waals surface area (Å²) in [5.41, 5.74) is 7.21. The molecule has 0 bridgehead atoms. The van der Waals surface area contributed by atoms with Gasteiger partial charge < -0.3 is 5.73 Å². The van der Waals surface area contributed by atoms with Crippen LogP contribution in [0.25, 0.3) is 0 Å². The quantitative estimate of drug-likeness (QED) is 0.650. The van der Waals surface area contributed by atoms with Crippen LogP contribution in [-0.4, -0.2) is 26.8 Å². The highest BCUT2D eigenvalue weighted by molar-refractivity contribution is 7.10. The molecular weight excluding hydrogens is 412 g/mol. The Labute approximate surface area is 174 Å². The Bertz CT molecular complexity index is 1180. The molecule has 7 nitrogen and oxygen atoms in total. The van der Waals surface area contributed by atoms with E-state index in [1.807, 2.05) is 35.7 Å². The predicted octanol–water partition coefficient (Wildman–Crippen LogP) is 2.87. The third-order valence-electron chi connectivity index (χ3n) is 4.97. The van der Waals surface area contributed by atoms with E-state index < -0.39 is 11.8 Å². The van der Waals surface area contributed by atoms with Gasteiger partial charge in [-0.3, -0.25) is 14.3 Å². The number of nitrogens with zero attached hydrogens (tertiary/aromatic N) is 4. The molecule has 0 unspecified atom stereocenters. The maximum atomic E-state index is 12.8. The summed E-state index contributed by atoms with van der Waals surface area (Å²) in [5, 5.41) is 5.78. The third kappa shape index (κ3) is 3.83. The molecule has 0 fully saturated rings. The number of hydrogen-bond donors (Lipinski definition) is 1. The zero-order chi connectivity index (χ0) is 21.3. The van der Waals surface area contributed by atoms with Crippen molar-refractivity contribution >= 4 is 28.6 Å². The van der Waals surface area contributed by atoms with Crippen LogP contribution in [0.2, 0.25) is 0 Å². The fourth-order valence-electron chi connectivity index (χ4n) is 3.42. The number of fused-ring (bicyclic) bond motifs is 1. The maximum Gasteiger partial charge on any atom is 0.346 e. The molecule has 3 heterocycles. The summed E-state index contributed by atoms with van der Waals surface area (Å²) in [5.74, 6) is 0.0254. The van der Waals surface area contributed by atoms with Crippen LogP contribution in [0.15, 0.2) is 58.5 Å². The van der Waals surface area contributed by atoms with Crippen LogP contribution in [0.3, 0.4) is 0 Å². The van der Waals surface area contributed by atoms with Gasteiger partial charge >= 0.3 is 5.69 Å². The molecule has 2 N–H and O–H groups in total. The highest BCUT2D eigenvalue weighted by Crippen LogP contribution is 2.36. The van der Waals surface area contributed by atoms with E-state index in [2.05, 4.69) is 5.10 Å². The van der Waals surface area contributed by atoms with E-state index in [0.717, 1.165) is 32.9 Å². The van der Waals surface area contributed by atoms with Crippen molar-refractivity contribution < 1.29 is 13.6 Å². The Balaban J connectivity index is 1.56. The number of para-hydroxylation sites is 1. The molecule has 0 radical (unpaired) electrons. The van der Waals surface area contributed by atoms with E-state index >= 15 is 0 Å². The molecule has 3 aromatic rings. The first-order valence-corrected chi connectivity index (χ1v) is 10.2.